The van der Waals surface area contributed by atoms with Gasteiger partial charge in [-0.25, -0.2) is 14.9 Å². The zero-order chi connectivity index (χ0) is 34.1. The molecule has 0 spiro atoms. The lowest BCUT2D eigenvalue weighted by Crippen LogP contribution is -2.50. The monoisotopic (exact) mass is 630 g/mol. The minimum atomic E-state index is -0.588. The molecule has 0 aromatic carbocycles. The van der Waals surface area contributed by atoms with Crippen molar-refractivity contribution in [1.29, 1.82) is 5.26 Å². The first kappa shape index (κ1) is 33.6. The Morgan fingerprint density at radius 1 is 1.07 bits per heavy atom. The summed E-state index contributed by atoms with van der Waals surface area (Å²) in [6, 6.07) is 2.31. The molecule has 0 radical (unpaired) electrons. The fraction of sp³-hybridized carbons (Fsp3) is 0.686. The molecule has 0 bridgehead atoms. The number of imidazole rings is 1. The lowest BCUT2D eigenvalue weighted by molar-refractivity contribution is -0.579. The summed E-state index contributed by atoms with van der Waals surface area (Å²) in [6.07, 6.45) is 3.56. The Morgan fingerprint density at radius 3 is 2.17 bits per heavy atom. The second-order valence-electron chi connectivity index (χ2n) is 16.8. The van der Waals surface area contributed by atoms with Gasteiger partial charge in [0, 0.05) is 28.4 Å². The van der Waals surface area contributed by atoms with Crippen LogP contribution in [0.5, 0.6) is 0 Å². The van der Waals surface area contributed by atoms with Crippen molar-refractivity contribution in [3.05, 3.63) is 33.9 Å². The minimum absolute atomic E-state index is 0.0770. The predicted octanol–water partition coefficient (Wildman–Crippen LogP) is 5.90. The molecule has 0 saturated heterocycles. The summed E-state index contributed by atoms with van der Waals surface area (Å²) in [5, 5.41) is 24.1. The normalized spacial score (nSPS) is 21.9. The molecule has 11 nitrogen and oxygen atoms in total. The van der Waals surface area contributed by atoms with Crippen LogP contribution in [0, 0.1) is 39.9 Å². The van der Waals surface area contributed by atoms with Gasteiger partial charge >= 0.3 is 11.9 Å². The van der Waals surface area contributed by atoms with E-state index >= 15 is 0 Å². The predicted molar refractivity (Wildman–Crippen MR) is 176 cm³/mol. The van der Waals surface area contributed by atoms with Crippen LogP contribution in [-0.2, 0) is 16.6 Å². The summed E-state index contributed by atoms with van der Waals surface area (Å²) in [4.78, 5) is 24.2. The Hall–Kier alpha value is -3.81. The van der Waals surface area contributed by atoms with Crippen molar-refractivity contribution in [1.82, 2.24) is 34.5 Å². The lowest BCUT2D eigenvalue weighted by Gasteiger charge is -2.49. The molecule has 2 unspecified atom stereocenters. The summed E-state index contributed by atoms with van der Waals surface area (Å²) in [5.74, 6) is 2.64. The highest BCUT2D eigenvalue weighted by Gasteiger charge is 2.49. The SMILES string of the molecule is CCc1nn2nc(C(C)C)nc2c1=Cc1c(C#N)n(C(=O)OC2C(C(C)(C)C)CC(C)CC2C(C)(C)C)c2nc(C(C)(C)C)[nH][n+]12. The molecule has 1 N–H and O–H groups in total. The number of aromatic nitrogens is 8. The van der Waals surface area contributed by atoms with E-state index in [-0.39, 0.29) is 45.8 Å². The number of carbonyl (C=O) groups excluding carboxylic acids is 1. The maximum absolute atomic E-state index is 14.5. The summed E-state index contributed by atoms with van der Waals surface area (Å²) in [6.45, 7) is 27.9. The Morgan fingerprint density at radius 2 is 1.67 bits per heavy atom. The Kier molecular flexibility index (Phi) is 8.36. The third-order valence-corrected chi connectivity index (χ3v) is 9.61. The highest BCUT2D eigenvalue weighted by Crippen LogP contribution is 2.49. The van der Waals surface area contributed by atoms with Gasteiger partial charge in [0.25, 0.3) is 0 Å². The van der Waals surface area contributed by atoms with Gasteiger partial charge in [-0.3, -0.25) is 0 Å². The fourth-order valence-corrected chi connectivity index (χ4v) is 6.90. The van der Waals surface area contributed by atoms with E-state index in [1.54, 1.807) is 9.15 Å². The smallest absolute Gasteiger partial charge is 0.433 e. The maximum Gasteiger partial charge on any atom is 0.484 e. The van der Waals surface area contributed by atoms with Crippen molar-refractivity contribution in [3.8, 4) is 6.07 Å². The molecule has 0 amide bonds. The zero-order valence-electron chi connectivity index (χ0n) is 30.0. The van der Waals surface area contributed by atoms with E-state index in [9.17, 15) is 10.1 Å². The number of nitriles is 1. The third kappa shape index (κ3) is 5.91. The van der Waals surface area contributed by atoms with Crippen molar-refractivity contribution < 1.29 is 14.0 Å². The van der Waals surface area contributed by atoms with Gasteiger partial charge in [-0.2, -0.15) is 10.4 Å². The quantitative estimate of drug-likeness (QED) is 0.278. The number of hydrogen-bond donors (Lipinski definition) is 1. The van der Waals surface area contributed by atoms with Gasteiger partial charge in [0.1, 0.15) is 12.2 Å². The first-order chi connectivity index (χ1) is 21.3. The molecule has 1 saturated carbocycles. The summed E-state index contributed by atoms with van der Waals surface area (Å²) in [7, 11) is 0. The number of carbonyl (C=O) groups is 1. The molecular weight excluding hydrogens is 578 g/mol. The summed E-state index contributed by atoms with van der Waals surface area (Å²) in [5.41, 5.74) is 1.53. The Bertz CT molecular complexity index is 1840. The molecule has 1 aliphatic carbocycles. The van der Waals surface area contributed by atoms with E-state index in [1.807, 2.05) is 26.8 Å². The lowest BCUT2D eigenvalue weighted by atomic mass is 9.59. The van der Waals surface area contributed by atoms with Crippen LogP contribution in [0.4, 0.5) is 4.79 Å². The number of H-pyrrole nitrogens is 1. The molecule has 46 heavy (non-hydrogen) atoms. The molecule has 11 heteroatoms. The largest absolute Gasteiger partial charge is 0.484 e. The Labute approximate surface area is 272 Å². The van der Waals surface area contributed by atoms with Crippen LogP contribution < -0.4 is 9.73 Å². The van der Waals surface area contributed by atoms with Gasteiger partial charge in [-0.05, 0) is 42.1 Å². The number of rotatable bonds is 4. The van der Waals surface area contributed by atoms with Crippen molar-refractivity contribution in [2.24, 2.45) is 28.6 Å². The maximum atomic E-state index is 14.5. The number of aryl methyl sites for hydroxylation is 1. The molecule has 4 heterocycles. The highest BCUT2D eigenvalue weighted by atomic mass is 16.6. The van der Waals surface area contributed by atoms with Crippen LogP contribution in [0.3, 0.4) is 0 Å². The van der Waals surface area contributed by atoms with E-state index in [4.69, 9.17) is 19.8 Å². The van der Waals surface area contributed by atoms with Crippen LogP contribution in [0.1, 0.15) is 137 Å². The second kappa shape index (κ2) is 11.5. The molecule has 248 valence electrons. The van der Waals surface area contributed by atoms with Crippen molar-refractivity contribution >= 4 is 23.6 Å². The molecule has 4 aromatic rings. The van der Waals surface area contributed by atoms with Crippen LogP contribution in [0.15, 0.2) is 0 Å². The molecule has 4 aromatic heterocycles. The summed E-state index contributed by atoms with van der Waals surface area (Å²) < 4.78 is 11.2. The van der Waals surface area contributed by atoms with Crippen LogP contribution in [0.25, 0.3) is 17.5 Å². The summed E-state index contributed by atoms with van der Waals surface area (Å²) >= 11 is 0. The van der Waals surface area contributed by atoms with E-state index < -0.39 is 6.09 Å². The molecular formula is C35H52N9O2+. The van der Waals surface area contributed by atoms with Crippen molar-refractivity contribution in [3.63, 3.8) is 0 Å². The number of nitrogens with one attached hydrogen (secondary N) is 1. The van der Waals surface area contributed by atoms with E-state index in [2.05, 4.69) is 85.5 Å². The van der Waals surface area contributed by atoms with Crippen LogP contribution >= 0.6 is 0 Å². The van der Waals surface area contributed by atoms with E-state index in [0.29, 0.717) is 41.1 Å². The number of aromatic amines is 1. The van der Waals surface area contributed by atoms with Gasteiger partial charge in [0.05, 0.1) is 5.69 Å². The third-order valence-electron chi connectivity index (χ3n) is 9.61. The average molecular weight is 631 g/mol. The number of nitrogens with zero attached hydrogens (tertiary/aromatic N) is 8. The van der Waals surface area contributed by atoms with Crippen molar-refractivity contribution in [2.75, 3.05) is 0 Å². The van der Waals surface area contributed by atoms with Gasteiger partial charge < -0.3 is 4.74 Å². The first-order valence-corrected chi connectivity index (χ1v) is 16.7. The van der Waals surface area contributed by atoms with Crippen molar-refractivity contribution in [2.45, 2.75) is 127 Å². The standard InChI is InChI=1S/C35H51N9O2/c1-14-24-21(29-37-28(19(2)3)40-44(29)39-24)17-25-26(18-36)42(31-38-30(35(11,12)13)41-43(25)31)32(45)46-27-22(33(5,6)7)15-20(4)16-23(27)34(8,9)10/h17,19-20,22-23,27H,14-16H2,1-13H3/p+1. The van der Waals surface area contributed by atoms with Gasteiger partial charge in [0.2, 0.25) is 11.5 Å². The number of hydrogen-bond acceptors (Lipinski definition) is 7. The number of fused-ring (bicyclic) bond motifs is 2. The highest BCUT2D eigenvalue weighted by molar-refractivity contribution is 5.78. The zero-order valence-corrected chi connectivity index (χ0v) is 30.0. The average Bonchev–Trinajstić information content (AvgIpc) is 3.67. The molecule has 0 aliphatic heterocycles. The minimum Gasteiger partial charge on any atom is -0.433 e. The molecule has 2 atom stereocenters. The molecule has 1 fully saturated rings. The molecule has 1 aliphatic rings. The Balaban J connectivity index is 1.74. The van der Waals surface area contributed by atoms with Gasteiger partial charge in [-0.15, -0.1) is 18.8 Å². The van der Waals surface area contributed by atoms with E-state index in [1.165, 1.54) is 4.57 Å². The van der Waals surface area contributed by atoms with Gasteiger partial charge in [-0.1, -0.05) is 95.0 Å². The fourth-order valence-electron chi connectivity index (χ4n) is 6.90. The van der Waals surface area contributed by atoms with Gasteiger partial charge in [0.15, 0.2) is 17.2 Å². The first-order valence-electron chi connectivity index (χ1n) is 16.7. The topological polar surface area (TPSA) is 131 Å². The van der Waals surface area contributed by atoms with Crippen LogP contribution in [-0.4, -0.2) is 46.7 Å². The molecule has 5 rings (SSSR count). The second-order valence-corrected chi connectivity index (χ2v) is 16.8. The van der Waals surface area contributed by atoms with E-state index in [0.717, 1.165) is 23.8 Å². The number of ether oxygens (including phenoxy) is 1. The van der Waals surface area contributed by atoms with Crippen LogP contribution in [0.2, 0.25) is 0 Å².